The monoisotopic (exact) mass is 531 g/mol. The molecule has 1 aliphatic heterocycles. The zero-order valence-corrected chi connectivity index (χ0v) is 21.3. The molecule has 1 saturated heterocycles. The predicted octanol–water partition coefficient (Wildman–Crippen LogP) is 4.41. The first kappa shape index (κ1) is 26.1. The molecule has 38 heavy (non-hydrogen) atoms. The van der Waals surface area contributed by atoms with Gasteiger partial charge in [-0.3, -0.25) is 14.3 Å². The summed E-state index contributed by atoms with van der Waals surface area (Å²) in [4.78, 5) is 35.9. The fourth-order valence-electron chi connectivity index (χ4n) is 4.97. The van der Waals surface area contributed by atoms with E-state index < -0.39 is 11.7 Å². The van der Waals surface area contributed by atoms with Gasteiger partial charge in [0, 0.05) is 50.6 Å². The smallest absolute Gasteiger partial charge is 0.416 e. The lowest BCUT2D eigenvalue weighted by atomic mass is 10.0. The second-order valence-corrected chi connectivity index (χ2v) is 9.78. The third-order valence-electron chi connectivity index (χ3n) is 6.83. The largest absolute Gasteiger partial charge is 0.467 e. The van der Waals surface area contributed by atoms with Gasteiger partial charge in [-0.15, -0.1) is 5.10 Å². The minimum atomic E-state index is -4.56. The maximum Gasteiger partial charge on any atom is 0.416 e. The Morgan fingerprint density at radius 3 is 2.66 bits per heavy atom. The first-order valence-electron chi connectivity index (χ1n) is 12.5. The number of benzene rings is 1. The van der Waals surface area contributed by atoms with Gasteiger partial charge >= 0.3 is 6.18 Å². The number of aromatic nitrogens is 4. The van der Waals surface area contributed by atoms with Gasteiger partial charge in [-0.25, -0.2) is 9.97 Å². The van der Waals surface area contributed by atoms with Crippen LogP contribution in [0.4, 0.5) is 13.2 Å². The van der Waals surface area contributed by atoms with Crippen molar-refractivity contribution in [1.82, 2.24) is 24.6 Å². The van der Waals surface area contributed by atoms with E-state index in [-0.39, 0.29) is 52.7 Å². The molecule has 12 heteroatoms. The Balaban J connectivity index is 1.52. The first-order valence-corrected chi connectivity index (χ1v) is 12.5. The van der Waals surface area contributed by atoms with Gasteiger partial charge in [-0.2, -0.15) is 13.2 Å². The third kappa shape index (κ3) is 5.09. The van der Waals surface area contributed by atoms with Crippen LogP contribution in [0, 0.1) is 12.8 Å². The van der Waals surface area contributed by atoms with Crippen molar-refractivity contribution in [1.29, 1.82) is 0 Å². The quantitative estimate of drug-likeness (QED) is 0.229. The molecular formula is C26H28F3N5O4. The minimum absolute atomic E-state index is 0.00529. The second kappa shape index (κ2) is 9.97. The zero-order valence-electron chi connectivity index (χ0n) is 21.3. The van der Waals surface area contributed by atoms with Crippen LogP contribution in [-0.2, 0) is 22.3 Å². The molecule has 1 amide bonds. The van der Waals surface area contributed by atoms with Gasteiger partial charge in [-0.1, -0.05) is 0 Å². The SMILES string of the molecule is CCOCOc1cc(C(F)(F)F)cc(C)c1-c1cnc2c(C(C)=O)n(C[C@@H]3CC(=O)N(C4CC4)C3)nc2n1. The molecule has 0 bridgehead atoms. The maximum absolute atomic E-state index is 13.5. The number of hydrogen-bond donors (Lipinski definition) is 0. The van der Waals surface area contributed by atoms with Gasteiger partial charge in [0.15, 0.2) is 12.6 Å². The van der Waals surface area contributed by atoms with E-state index in [1.807, 2.05) is 4.90 Å². The topological polar surface area (TPSA) is 99.4 Å². The molecule has 1 atom stereocenters. The highest BCUT2D eigenvalue weighted by molar-refractivity contribution is 6.02. The molecule has 1 aromatic carbocycles. The van der Waals surface area contributed by atoms with Crippen LogP contribution >= 0.6 is 0 Å². The Bertz CT molecular complexity index is 1400. The van der Waals surface area contributed by atoms with E-state index in [2.05, 4.69) is 15.1 Å². The summed E-state index contributed by atoms with van der Waals surface area (Å²) < 4.78 is 52.7. The fourth-order valence-corrected chi connectivity index (χ4v) is 4.97. The molecule has 1 aliphatic carbocycles. The molecule has 9 nitrogen and oxygen atoms in total. The summed E-state index contributed by atoms with van der Waals surface area (Å²) >= 11 is 0. The number of alkyl halides is 3. The van der Waals surface area contributed by atoms with Gasteiger partial charge in [-0.05, 0) is 44.4 Å². The number of halogens is 3. The summed E-state index contributed by atoms with van der Waals surface area (Å²) in [5, 5.41) is 4.53. The van der Waals surface area contributed by atoms with E-state index in [9.17, 15) is 22.8 Å². The van der Waals surface area contributed by atoms with Crippen LogP contribution < -0.4 is 4.74 Å². The van der Waals surface area contributed by atoms with Crippen molar-refractivity contribution in [3.05, 3.63) is 35.2 Å². The number of ether oxygens (including phenoxy) is 2. The standard InChI is InChI=1S/C26H28F3N5O4/c1-4-37-13-38-20-9-17(26(27,28)29)7-14(2)22(20)19-10-30-23-24(15(3)35)34(32-25(23)31-19)12-16-8-21(36)33(11-16)18-5-6-18/h7,9-10,16,18H,4-6,8,11-13H2,1-3H3/t16-/m1/s1. The molecule has 2 fully saturated rings. The van der Waals surface area contributed by atoms with Gasteiger partial charge in [0.25, 0.3) is 0 Å². The molecule has 202 valence electrons. The van der Waals surface area contributed by atoms with Gasteiger partial charge in [0.05, 0.1) is 17.5 Å². The molecule has 0 radical (unpaired) electrons. The highest BCUT2D eigenvalue weighted by Crippen LogP contribution is 2.39. The molecule has 2 aromatic heterocycles. The van der Waals surface area contributed by atoms with Crippen LogP contribution in [0.25, 0.3) is 22.4 Å². The van der Waals surface area contributed by atoms with E-state index in [1.54, 1.807) is 11.6 Å². The number of aryl methyl sites for hydroxylation is 1. The molecule has 3 aromatic rings. The molecule has 0 spiro atoms. The Labute approximate surface area is 216 Å². The van der Waals surface area contributed by atoms with E-state index >= 15 is 0 Å². The van der Waals surface area contributed by atoms with Crippen LogP contribution in [0.2, 0.25) is 0 Å². The Morgan fingerprint density at radius 1 is 1.24 bits per heavy atom. The highest BCUT2D eigenvalue weighted by atomic mass is 19.4. The number of nitrogens with zero attached hydrogens (tertiary/aromatic N) is 5. The summed E-state index contributed by atoms with van der Waals surface area (Å²) in [6.45, 7) is 5.77. The average molecular weight is 532 g/mol. The summed E-state index contributed by atoms with van der Waals surface area (Å²) in [6, 6.07) is 2.26. The predicted molar refractivity (Wildman–Crippen MR) is 130 cm³/mol. The van der Waals surface area contributed by atoms with Crippen LogP contribution in [0.15, 0.2) is 18.3 Å². The molecule has 0 unspecified atom stereocenters. The Hall–Kier alpha value is -3.54. The fraction of sp³-hybridized carbons (Fsp3) is 0.500. The number of carbonyl (C=O) groups is 2. The molecule has 0 N–H and O–H groups in total. The summed E-state index contributed by atoms with van der Waals surface area (Å²) in [7, 11) is 0. The molecular weight excluding hydrogens is 503 g/mol. The van der Waals surface area contributed by atoms with E-state index in [4.69, 9.17) is 9.47 Å². The van der Waals surface area contributed by atoms with Gasteiger partial charge in [0.2, 0.25) is 11.6 Å². The highest BCUT2D eigenvalue weighted by Gasteiger charge is 2.40. The Kier molecular flexibility index (Phi) is 6.84. The first-order chi connectivity index (χ1) is 18.1. The molecule has 1 saturated carbocycles. The number of hydrogen-bond acceptors (Lipinski definition) is 7. The van der Waals surface area contributed by atoms with Crippen molar-refractivity contribution in [3.63, 3.8) is 0 Å². The molecule has 5 rings (SSSR count). The lowest BCUT2D eigenvalue weighted by Crippen LogP contribution is -2.28. The average Bonchev–Trinajstić information content (AvgIpc) is 3.52. The molecule has 2 aliphatic rings. The number of Topliss-reactive ketones (excluding diaryl/α,β-unsaturated/α-hetero) is 1. The number of likely N-dealkylation sites (tertiary alicyclic amines) is 1. The lowest BCUT2D eigenvalue weighted by Gasteiger charge is -2.16. The van der Waals surface area contributed by atoms with Crippen molar-refractivity contribution in [2.75, 3.05) is 19.9 Å². The van der Waals surface area contributed by atoms with Crippen molar-refractivity contribution < 1.29 is 32.2 Å². The third-order valence-corrected chi connectivity index (χ3v) is 6.83. The number of fused-ring (bicyclic) bond motifs is 1. The zero-order chi connectivity index (χ0) is 27.2. The van der Waals surface area contributed by atoms with Crippen molar-refractivity contribution in [2.24, 2.45) is 5.92 Å². The number of rotatable bonds is 9. The van der Waals surface area contributed by atoms with Crippen LogP contribution in [0.3, 0.4) is 0 Å². The summed E-state index contributed by atoms with van der Waals surface area (Å²) in [5.41, 5.74) is 0.786. The minimum Gasteiger partial charge on any atom is -0.467 e. The lowest BCUT2D eigenvalue weighted by molar-refractivity contribution is -0.137. The van der Waals surface area contributed by atoms with Gasteiger partial charge in [0.1, 0.15) is 17.0 Å². The van der Waals surface area contributed by atoms with Crippen LogP contribution in [-0.4, -0.2) is 62.3 Å². The number of carbonyl (C=O) groups excluding carboxylic acids is 2. The Morgan fingerprint density at radius 2 is 2.00 bits per heavy atom. The van der Waals surface area contributed by atoms with E-state index in [0.29, 0.717) is 43.2 Å². The van der Waals surface area contributed by atoms with Gasteiger partial charge < -0.3 is 14.4 Å². The summed E-state index contributed by atoms with van der Waals surface area (Å²) in [5.74, 6) is -0.167. The normalized spacial score (nSPS) is 18.0. The van der Waals surface area contributed by atoms with Crippen molar-refractivity contribution >= 4 is 22.9 Å². The van der Waals surface area contributed by atoms with E-state index in [1.165, 1.54) is 20.0 Å². The maximum atomic E-state index is 13.5. The summed E-state index contributed by atoms with van der Waals surface area (Å²) in [6.07, 6.45) is -0.716. The van der Waals surface area contributed by atoms with Crippen LogP contribution in [0.1, 0.15) is 54.7 Å². The van der Waals surface area contributed by atoms with E-state index in [0.717, 1.165) is 25.0 Å². The van der Waals surface area contributed by atoms with Crippen molar-refractivity contribution in [2.45, 2.75) is 58.8 Å². The number of amides is 1. The number of ketones is 1. The molecule has 3 heterocycles. The van der Waals surface area contributed by atoms with Crippen molar-refractivity contribution in [3.8, 4) is 17.0 Å². The van der Waals surface area contributed by atoms with Crippen LogP contribution in [0.5, 0.6) is 5.75 Å². The second-order valence-electron chi connectivity index (χ2n) is 9.78.